The van der Waals surface area contributed by atoms with Crippen LogP contribution in [0.15, 0.2) is 53.4 Å². The highest BCUT2D eigenvalue weighted by Gasteiger charge is 2.07. The van der Waals surface area contributed by atoms with Crippen LogP contribution in [0.1, 0.15) is 18.4 Å². The normalized spacial score (nSPS) is 11.2. The predicted octanol–water partition coefficient (Wildman–Crippen LogP) is 2.70. The van der Waals surface area contributed by atoms with E-state index in [-0.39, 0.29) is 5.91 Å². The van der Waals surface area contributed by atoms with Crippen molar-refractivity contribution in [1.29, 1.82) is 0 Å². The number of carbonyl (C=O) groups excluding carboxylic acids is 1. The van der Waals surface area contributed by atoms with Crippen LogP contribution in [0.2, 0.25) is 0 Å². The van der Waals surface area contributed by atoms with E-state index in [2.05, 4.69) is 10.3 Å². The van der Waals surface area contributed by atoms with E-state index in [1.807, 2.05) is 35.9 Å². The van der Waals surface area contributed by atoms with Crippen molar-refractivity contribution in [2.24, 2.45) is 0 Å². The topological polar surface area (TPSA) is 68.8 Å². The zero-order chi connectivity index (χ0) is 16.8. The average Bonchev–Trinajstić information content (AvgIpc) is 3.23. The van der Waals surface area contributed by atoms with Crippen molar-refractivity contribution < 1.29 is 13.9 Å². The van der Waals surface area contributed by atoms with Gasteiger partial charge in [0.25, 0.3) is 0 Å². The second kappa shape index (κ2) is 7.50. The third-order valence-corrected chi connectivity index (χ3v) is 3.42. The molecule has 0 aliphatic carbocycles. The van der Waals surface area contributed by atoms with E-state index in [0.29, 0.717) is 25.3 Å². The molecular weight excluding hydrogens is 306 g/mol. The summed E-state index contributed by atoms with van der Waals surface area (Å²) in [5.74, 6) is 1.25. The summed E-state index contributed by atoms with van der Waals surface area (Å²) in [6, 6.07) is 7.38. The van der Waals surface area contributed by atoms with Gasteiger partial charge < -0.3 is 18.9 Å². The van der Waals surface area contributed by atoms with Gasteiger partial charge in [0.05, 0.1) is 18.6 Å². The minimum absolute atomic E-state index is 0.162. The second-order valence-electron chi connectivity index (χ2n) is 5.16. The summed E-state index contributed by atoms with van der Waals surface area (Å²) in [5.41, 5.74) is 1.69. The molecule has 0 aliphatic rings. The van der Waals surface area contributed by atoms with Gasteiger partial charge in [-0.25, -0.2) is 4.98 Å². The van der Waals surface area contributed by atoms with Gasteiger partial charge in [-0.15, -0.1) is 0 Å². The number of nitrogens with one attached hydrogen (secondary N) is 1. The quantitative estimate of drug-likeness (QED) is 0.678. The van der Waals surface area contributed by atoms with Gasteiger partial charge in [0.15, 0.2) is 11.4 Å². The van der Waals surface area contributed by atoms with Gasteiger partial charge in [0, 0.05) is 31.4 Å². The molecule has 0 bridgehead atoms. The Kier molecular flexibility index (Phi) is 4.96. The van der Waals surface area contributed by atoms with Gasteiger partial charge in [0.1, 0.15) is 5.76 Å². The maximum Gasteiger partial charge on any atom is 0.244 e. The Hall–Kier alpha value is -3.02. The Morgan fingerprint density at radius 2 is 2.33 bits per heavy atom. The van der Waals surface area contributed by atoms with Crippen LogP contribution >= 0.6 is 0 Å². The van der Waals surface area contributed by atoms with E-state index in [0.717, 1.165) is 17.1 Å². The molecule has 24 heavy (non-hydrogen) atoms. The molecule has 1 amide bonds. The number of pyridine rings is 1. The number of aromatic nitrogens is 2. The molecule has 0 fully saturated rings. The molecule has 3 aromatic heterocycles. The number of furan rings is 1. The first-order valence-electron chi connectivity index (χ1n) is 7.85. The van der Waals surface area contributed by atoms with E-state index >= 15 is 0 Å². The summed E-state index contributed by atoms with van der Waals surface area (Å²) in [6.07, 6.45) is 9.18. The van der Waals surface area contributed by atoms with Gasteiger partial charge in [-0.05, 0) is 37.3 Å². The fourth-order valence-corrected chi connectivity index (χ4v) is 2.34. The first-order chi connectivity index (χ1) is 11.8. The van der Waals surface area contributed by atoms with Crippen LogP contribution in [-0.2, 0) is 11.2 Å². The summed E-state index contributed by atoms with van der Waals surface area (Å²) >= 11 is 0. The average molecular weight is 325 g/mol. The first kappa shape index (κ1) is 15.9. The van der Waals surface area contributed by atoms with Gasteiger partial charge in [-0.1, -0.05) is 0 Å². The molecule has 124 valence electrons. The highest BCUT2D eigenvalue weighted by molar-refractivity contribution is 5.91. The maximum absolute atomic E-state index is 11.8. The van der Waals surface area contributed by atoms with Crippen LogP contribution in [0.3, 0.4) is 0 Å². The Balaban J connectivity index is 1.56. The lowest BCUT2D eigenvalue weighted by Crippen LogP contribution is -2.23. The molecule has 0 saturated carbocycles. The molecule has 0 aromatic carbocycles. The SMILES string of the molecule is CCOc1cccn2cc(CCNC(=O)/C=C/c3ccco3)nc12. The highest BCUT2D eigenvalue weighted by atomic mass is 16.5. The summed E-state index contributed by atoms with van der Waals surface area (Å²) in [4.78, 5) is 16.3. The Labute approximate surface area is 139 Å². The van der Waals surface area contributed by atoms with Crippen molar-refractivity contribution in [1.82, 2.24) is 14.7 Å². The third-order valence-electron chi connectivity index (χ3n) is 3.42. The molecule has 0 spiro atoms. The van der Waals surface area contributed by atoms with Gasteiger partial charge in [-0.3, -0.25) is 4.79 Å². The largest absolute Gasteiger partial charge is 0.490 e. The van der Waals surface area contributed by atoms with E-state index < -0.39 is 0 Å². The van der Waals surface area contributed by atoms with Crippen LogP contribution in [0, 0.1) is 0 Å². The Bertz CT molecular complexity index is 834. The van der Waals surface area contributed by atoms with Crippen molar-refractivity contribution in [2.75, 3.05) is 13.2 Å². The second-order valence-corrected chi connectivity index (χ2v) is 5.16. The fraction of sp³-hybridized carbons (Fsp3) is 0.222. The number of hydrogen-bond donors (Lipinski definition) is 1. The number of hydrogen-bond acceptors (Lipinski definition) is 4. The molecule has 0 aliphatic heterocycles. The van der Waals surface area contributed by atoms with Crippen molar-refractivity contribution in [3.8, 4) is 5.75 Å². The van der Waals surface area contributed by atoms with E-state index in [1.165, 1.54) is 6.08 Å². The summed E-state index contributed by atoms with van der Waals surface area (Å²) < 4.78 is 12.6. The molecule has 0 radical (unpaired) electrons. The molecular formula is C18H19N3O3. The Morgan fingerprint density at radius 3 is 3.12 bits per heavy atom. The van der Waals surface area contributed by atoms with Crippen molar-refractivity contribution in [2.45, 2.75) is 13.3 Å². The molecule has 0 unspecified atom stereocenters. The fourth-order valence-electron chi connectivity index (χ4n) is 2.34. The van der Waals surface area contributed by atoms with Crippen molar-refractivity contribution in [3.05, 3.63) is 60.5 Å². The monoisotopic (exact) mass is 325 g/mol. The molecule has 6 nitrogen and oxygen atoms in total. The molecule has 3 aromatic rings. The number of nitrogens with zero attached hydrogens (tertiary/aromatic N) is 2. The first-order valence-corrected chi connectivity index (χ1v) is 7.85. The highest BCUT2D eigenvalue weighted by Crippen LogP contribution is 2.18. The molecule has 3 heterocycles. The van der Waals surface area contributed by atoms with Crippen molar-refractivity contribution in [3.63, 3.8) is 0 Å². The standard InChI is InChI=1S/C18H19N3O3/c1-2-23-16-6-3-11-21-13-14(20-18(16)21)9-10-19-17(22)8-7-15-5-4-12-24-15/h3-8,11-13H,2,9-10H2,1H3,(H,19,22)/b8-7+. The van der Waals surface area contributed by atoms with Crippen LogP contribution in [0.25, 0.3) is 11.7 Å². The molecule has 3 rings (SSSR count). The Morgan fingerprint density at radius 1 is 1.42 bits per heavy atom. The summed E-state index contributed by atoms with van der Waals surface area (Å²) in [6.45, 7) is 3.05. The minimum atomic E-state index is -0.162. The number of imidazole rings is 1. The maximum atomic E-state index is 11.8. The summed E-state index contributed by atoms with van der Waals surface area (Å²) in [5, 5.41) is 2.83. The van der Waals surface area contributed by atoms with Crippen LogP contribution in [0.5, 0.6) is 5.75 Å². The van der Waals surface area contributed by atoms with E-state index in [4.69, 9.17) is 9.15 Å². The molecule has 0 atom stereocenters. The number of amides is 1. The number of ether oxygens (including phenoxy) is 1. The summed E-state index contributed by atoms with van der Waals surface area (Å²) in [7, 11) is 0. The predicted molar refractivity (Wildman–Crippen MR) is 90.8 cm³/mol. The molecule has 0 saturated heterocycles. The number of rotatable bonds is 7. The van der Waals surface area contributed by atoms with Crippen LogP contribution in [0.4, 0.5) is 0 Å². The zero-order valence-electron chi connectivity index (χ0n) is 13.4. The van der Waals surface area contributed by atoms with E-state index in [9.17, 15) is 4.79 Å². The van der Waals surface area contributed by atoms with Crippen LogP contribution < -0.4 is 10.1 Å². The third kappa shape index (κ3) is 3.84. The molecule has 6 heteroatoms. The minimum Gasteiger partial charge on any atom is -0.490 e. The molecule has 1 N–H and O–H groups in total. The van der Waals surface area contributed by atoms with E-state index in [1.54, 1.807) is 24.5 Å². The smallest absolute Gasteiger partial charge is 0.244 e. The lowest BCUT2D eigenvalue weighted by atomic mass is 10.3. The van der Waals surface area contributed by atoms with Gasteiger partial charge >= 0.3 is 0 Å². The lowest BCUT2D eigenvalue weighted by Gasteiger charge is -2.03. The van der Waals surface area contributed by atoms with Crippen LogP contribution in [-0.4, -0.2) is 28.4 Å². The van der Waals surface area contributed by atoms with Crippen molar-refractivity contribution >= 4 is 17.6 Å². The lowest BCUT2D eigenvalue weighted by molar-refractivity contribution is -0.116. The zero-order valence-corrected chi connectivity index (χ0v) is 13.4. The van der Waals surface area contributed by atoms with Gasteiger partial charge in [0.2, 0.25) is 5.91 Å². The number of carbonyl (C=O) groups is 1. The van der Waals surface area contributed by atoms with Gasteiger partial charge in [-0.2, -0.15) is 0 Å². The number of fused-ring (bicyclic) bond motifs is 1.